The molecule has 1 saturated heterocycles. The average molecular weight is 292 g/mol. The second-order valence-electron chi connectivity index (χ2n) is 4.70. The van der Waals surface area contributed by atoms with Gasteiger partial charge in [0.1, 0.15) is 5.75 Å². The van der Waals surface area contributed by atoms with Crippen molar-refractivity contribution in [1.82, 2.24) is 4.90 Å². The van der Waals surface area contributed by atoms with Crippen LogP contribution in [0.15, 0.2) is 24.3 Å². The Morgan fingerprint density at radius 2 is 1.71 bits per heavy atom. The maximum absolute atomic E-state index is 11.8. The van der Waals surface area contributed by atoms with Crippen LogP contribution < -0.4 is 9.64 Å². The molecule has 1 fully saturated rings. The van der Waals surface area contributed by atoms with Gasteiger partial charge in [-0.15, -0.1) is 0 Å². The first-order valence-electron chi connectivity index (χ1n) is 7.00. The normalized spacial score (nSPS) is 14.8. The molecule has 21 heavy (non-hydrogen) atoms. The molecule has 0 unspecified atom stereocenters. The van der Waals surface area contributed by atoms with Crippen LogP contribution in [0, 0.1) is 0 Å². The Kier molecular flexibility index (Phi) is 5.03. The van der Waals surface area contributed by atoms with Crippen molar-refractivity contribution in [2.75, 3.05) is 44.8 Å². The highest BCUT2D eigenvalue weighted by atomic mass is 16.5. The summed E-state index contributed by atoms with van der Waals surface area (Å²) in [5.41, 5.74) is 1.08. The second kappa shape index (κ2) is 6.97. The summed E-state index contributed by atoms with van der Waals surface area (Å²) in [5.74, 6) is -0.503. The molecule has 2 rings (SSSR count). The number of hydrogen-bond donors (Lipinski definition) is 0. The summed E-state index contributed by atoms with van der Waals surface area (Å²) >= 11 is 0. The molecule has 1 aliphatic rings. The third-order valence-electron chi connectivity index (χ3n) is 3.45. The van der Waals surface area contributed by atoms with Crippen LogP contribution in [0.3, 0.4) is 0 Å². The van der Waals surface area contributed by atoms with Gasteiger partial charge >= 0.3 is 11.9 Å². The van der Waals surface area contributed by atoms with E-state index in [9.17, 15) is 9.59 Å². The second-order valence-corrected chi connectivity index (χ2v) is 4.70. The molecule has 0 N–H and O–H groups in total. The van der Waals surface area contributed by atoms with E-state index in [0.29, 0.717) is 26.2 Å². The lowest BCUT2D eigenvalue weighted by Crippen LogP contribution is -2.51. The van der Waals surface area contributed by atoms with E-state index in [1.54, 1.807) is 14.0 Å². The van der Waals surface area contributed by atoms with Gasteiger partial charge in [-0.05, 0) is 31.2 Å². The molecular formula is C15H20N2O4. The molecule has 1 heterocycles. The highest BCUT2D eigenvalue weighted by Gasteiger charge is 2.26. The molecule has 6 nitrogen and oxygen atoms in total. The van der Waals surface area contributed by atoms with Crippen molar-refractivity contribution in [3.63, 3.8) is 0 Å². The minimum atomic E-state index is -0.768. The van der Waals surface area contributed by atoms with Gasteiger partial charge in [0.05, 0.1) is 13.7 Å². The number of piperazine rings is 1. The fourth-order valence-corrected chi connectivity index (χ4v) is 2.28. The van der Waals surface area contributed by atoms with E-state index in [1.165, 1.54) is 4.90 Å². The number of methoxy groups -OCH3 is 1. The molecular weight excluding hydrogens is 272 g/mol. The molecule has 0 atom stereocenters. The molecule has 6 heteroatoms. The van der Waals surface area contributed by atoms with Crippen molar-refractivity contribution in [3.8, 4) is 5.75 Å². The van der Waals surface area contributed by atoms with Crippen molar-refractivity contribution >= 4 is 17.6 Å². The van der Waals surface area contributed by atoms with Gasteiger partial charge in [0.15, 0.2) is 0 Å². The zero-order chi connectivity index (χ0) is 15.2. The summed E-state index contributed by atoms with van der Waals surface area (Å²) < 4.78 is 9.87. The Morgan fingerprint density at radius 1 is 1.10 bits per heavy atom. The molecule has 0 saturated carbocycles. The SMILES string of the molecule is CCOC(=O)C(=O)N1CCN(c2ccc(OC)cc2)CC1. The van der Waals surface area contributed by atoms with Gasteiger partial charge in [-0.25, -0.2) is 4.79 Å². The number of hydrogen-bond acceptors (Lipinski definition) is 5. The molecule has 0 bridgehead atoms. The van der Waals surface area contributed by atoms with Crippen LogP contribution in [0.2, 0.25) is 0 Å². The number of ether oxygens (including phenoxy) is 2. The summed E-state index contributed by atoms with van der Waals surface area (Å²) in [5, 5.41) is 0. The van der Waals surface area contributed by atoms with Gasteiger partial charge in [-0.3, -0.25) is 4.79 Å². The fraction of sp³-hybridized carbons (Fsp3) is 0.467. The molecule has 0 aromatic heterocycles. The molecule has 0 radical (unpaired) electrons. The minimum absolute atomic E-state index is 0.219. The van der Waals surface area contributed by atoms with E-state index in [1.807, 2.05) is 24.3 Å². The third-order valence-corrected chi connectivity index (χ3v) is 3.45. The molecule has 114 valence electrons. The van der Waals surface area contributed by atoms with E-state index in [0.717, 1.165) is 11.4 Å². The number of carbonyl (C=O) groups excluding carboxylic acids is 2. The van der Waals surface area contributed by atoms with Crippen LogP contribution in [0.5, 0.6) is 5.75 Å². The first-order valence-corrected chi connectivity index (χ1v) is 7.00. The van der Waals surface area contributed by atoms with Crippen molar-refractivity contribution < 1.29 is 19.1 Å². The van der Waals surface area contributed by atoms with Gasteiger partial charge in [0.2, 0.25) is 0 Å². The highest BCUT2D eigenvalue weighted by Crippen LogP contribution is 2.20. The lowest BCUT2D eigenvalue weighted by atomic mass is 10.2. The Balaban J connectivity index is 1.90. The summed E-state index contributed by atoms with van der Waals surface area (Å²) in [7, 11) is 1.63. The molecule has 1 aromatic rings. The van der Waals surface area contributed by atoms with Crippen LogP contribution in [-0.2, 0) is 14.3 Å². The van der Waals surface area contributed by atoms with Crippen LogP contribution in [-0.4, -0.2) is 56.7 Å². The van der Waals surface area contributed by atoms with Gasteiger partial charge in [0, 0.05) is 31.9 Å². The zero-order valence-electron chi connectivity index (χ0n) is 12.4. The number of esters is 1. The summed E-state index contributed by atoms with van der Waals surface area (Å²) in [4.78, 5) is 27.0. The predicted octanol–water partition coefficient (Wildman–Crippen LogP) is 0.907. The standard InChI is InChI=1S/C15H20N2O4/c1-3-21-15(19)14(18)17-10-8-16(9-11-17)12-4-6-13(20-2)7-5-12/h4-7H,3,8-11H2,1-2H3. The van der Waals surface area contributed by atoms with Crippen molar-refractivity contribution in [1.29, 1.82) is 0 Å². The van der Waals surface area contributed by atoms with Crippen LogP contribution in [0.25, 0.3) is 0 Å². The van der Waals surface area contributed by atoms with E-state index in [2.05, 4.69) is 4.90 Å². The van der Waals surface area contributed by atoms with Crippen LogP contribution in [0.1, 0.15) is 6.92 Å². The van der Waals surface area contributed by atoms with Crippen LogP contribution in [0.4, 0.5) is 5.69 Å². The maximum atomic E-state index is 11.8. The monoisotopic (exact) mass is 292 g/mol. The number of amides is 1. The smallest absolute Gasteiger partial charge is 0.397 e. The molecule has 1 aromatic carbocycles. The van der Waals surface area contributed by atoms with Crippen molar-refractivity contribution in [2.45, 2.75) is 6.92 Å². The largest absolute Gasteiger partial charge is 0.497 e. The number of nitrogens with zero attached hydrogens (tertiary/aromatic N) is 2. The lowest BCUT2D eigenvalue weighted by molar-refractivity contribution is -0.160. The predicted molar refractivity (Wildman–Crippen MR) is 78.4 cm³/mol. The first-order chi connectivity index (χ1) is 10.2. The first kappa shape index (κ1) is 15.2. The van der Waals surface area contributed by atoms with E-state index < -0.39 is 11.9 Å². The van der Waals surface area contributed by atoms with Gasteiger partial charge < -0.3 is 19.3 Å². The van der Waals surface area contributed by atoms with Gasteiger partial charge in [-0.1, -0.05) is 0 Å². The average Bonchev–Trinajstić information content (AvgIpc) is 2.54. The number of rotatable bonds is 3. The molecule has 1 aliphatic heterocycles. The van der Waals surface area contributed by atoms with E-state index >= 15 is 0 Å². The maximum Gasteiger partial charge on any atom is 0.397 e. The Morgan fingerprint density at radius 3 is 2.24 bits per heavy atom. The molecule has 0 spiro atoms. The Bertz CT molecular complexity index is 493. The van der Waals surface area contributed by atoms with Gasteiger partial charge in [0.25, 0.3) is 0 Å². The fourth-order valence-electron chi connectivity index (χ4n) is 2.28. The zero-order valence-corrected chi connectivity index (χ0v) is 12.4. The summed E-state index contributed by atoms with van der Waals surface area (Å²) in [6, 6.07) is 7.79. The van der Waals surface area contributed by atoms with E-state index in [4.69, 9.17) is 9.47 Å². The number of benzene rings is 1. The third kappa shape index (κ3) is 3.65. The topological polar surface area (TPSA) is 59.1 Å². The van der Waals surface area contributed by atoms with Gasteiger partial charge in [-0.2, -0.15) is 0 Å². The van der Waals surface area contributed by atoms with E-state index in [-0.39, 0.29) is 6.61 Å². The lowest BCUT2D eigenvalue weighted by Gasteiger charge is -2.35. The Labute approximate surface area is 124 Å². The number of carbonyl (C=O) groups is 2. The number of anilines is 1. The molecule has 0 aliphatic carbocycles. The van der Waals surface area contributed by atoms with Crippen molar-refractivity contribution in [3.05, 3.63) is 24.3 Å². The van der Waals surface area contributed by atoms with Crippen LogP contribution >= 0.6 is 0 Å². The summed E-state index contributed by atoms with van der Waals surface area (Å²) in [6.07, 6.45) is 0. The quantitative estimate of drug-likeness (QED) is 0.612. The highest BCUT2D eigenvalue weighted by molar-refractivity contribution is 6.32. The Hall–Kier alpha value is -2.24. The minimum Gasteiger partial charge on any atom is -0.497 e. The summed E-state index contributed by atoms with van der Waals surface area (Å²) in [6.45, 7) is 4.32. The molecule has 1 amide bonds. The van der Waals surface area contributed by atoms with Crippen molar-refractivity contribution in [2.24, 2.45) is 0 Å².